The Bertz CT molecular complexity index is 322. The zero-order valence-corrected chi connectivity index (χ0v) is 10.7. The first-order valence-corrected chi connectivity index (χ1v) is 6.77. The summed E-state index contributed by atoms with van der Waals surface area (Å²) in [5, 5.41) is 0. The van der Waals surface area contributed by atoms with Crippen LogP contribution in [0.5, 0.6) is 0 Å². The molecule has 0 aromatic carbocycles. The maximum Gasteiger partial charge on any atom is 0.165 e. The first kappa shape index (κ1) is 11.6. The van der Waals surface area contributed by atoms with Gasteiger partial charge in [0.15, 0.2) is 6.54 Å². The predicted octanol–water partition coefficient (Wildman–Crippen LogP) is 3.41. The highest BCUT2D eigenvalue weighted by atomic mass is 15.0. The third kappa shape index (κ3) is 2.63. The van der Waals surface area contributed by atoms with E-state index in [0.717, 1.165) is 0 Å². The molecule has 1 heteroatoms. The van der Waals surface area contributed by atoms with Gasteiger partial charge in [-0.15, -0.1) is 0 Å². The van der Waals surface area contributed by atoms with Gasteiger partial charge in [0.1, 0.15) is 12.8 Å². The summed E-state index contributed by atoms with van der Waals surface area (Å²) < 4.78 is 2.52. The van der Waals surface area contributed by atoms with Crippen molar-refractivity contribution in [1.82, 2.24) is 0 Å². The van der Waals surface area contributed by atoms with E-state index in [1.54, 1.807) is 5.57 Å². The number of nitrogens with zero attached hydrogens (tertiary/aromatic N) is 1. The molecule has 88 valence electrons. The Morgan fingerprint density at radius 3 is 2.94 bits per heavy atom. The Morgan fingerprint density at radius 2 is 2.19 bits per heavy atom. The second-order valence-electron chi connectivity index (χ2n) is 5.19. The van der Waals surface area contributed by atoms with Gasteiger partial charge in [0.05, 0.1) is 5.92 Å². The Morgan fingerprint density at radius 1 is 1.31 bits per heavy atom. The Labute approximate surface area is 99.6 Å². The van der Waals surface area contributed by atoms with Gasteiger partial charge in [0.25, 0.3) is 0 Å². The van der Waals surface area contributed by atoms with Crippen LogP contribution in [-0.2, 0) is 0 Å². The normalized spacial score (nSPS) is 27.6. The van der Waals surface area contributed by atoms with Crippen LogP contribution in [0, 0.1) is 11.8 Å². The van der Waals surface area contributed by atoms with Gasteiger partial charge in [-0.25, -0.2) is 4.58 Å². The fourth-order valence-electron chi connectivity index (χ4n) is 2.72. The maximum atomic E-state index is 2.52. The van der Waals surface area contributed by atoms with Crippen molar-refractivity contribution in [2.24, 2.45) is 11.8 Å². The number of hydrogen-bond acceptors (Lipinski definition) is 0. The lowest BCUT2D eigenvalue weighted by Crippen LogP contribution is -2.13. The van der Waals surface area contributed by atoms with Crippen LogP contribution in [-0.4, -0.2) is 23.9 Å². The third-order valence-electron chi connectivity index (χ3n) is 3.78. The van der Waals surface area contributed by atoms with Gasteiger partial charge in [-0.3, -0.25) is 0 Å². The monoisotopic (exact) mass is 218 g/mol. The van der Waals surface area contributed by atoms with Crippen LogP contribution in [0.4, 0.5) is 0 Å². The molecule has 2 unspecified atom stereocenters. The minimum absolute atomic E-state index is 0.691. The number of unbranched alkanes of at least 4 members (excludes halogenated alkanes) is 3. The van der Waals surface area contributed by atoms with E-state index in [4.69, 9.17) is 0 Å². The van der Waals surface area contributed by atoms with Crippen molar-refractivity contribution < 1.29 is 4.58 Å². The van der Waals surface area contributed by atoms with Crippen molar-refractivity contribution in [2.45, 2.75) is 39.5 Å². The van der Waals surface area contributed by atoms with Crippen LogP contribution in [0.15, 0.2) is 23.8 Å². The van der Waals surface area contributed by atoms with Crippen LogP contribution in [0.25, 0.3) is 0 Å². The lowest BCUT2D eigenvalue weighted by atomic mass is 9.86. The molecule has 0 aromatic heterocycles. The fraction of sp³-hybridized carbons (Fsp3) is 0.667. The minimum Gasteiger partial charge on any atom is -0.235 e. The molecule has 0 fully saturated rings. The van der Waals surface area contributed by atoms with E-state index in [1.807, 2.05) is 0 Å². The van der Waals surface area contributed by atoms with Crippen LogP contribution in [0.3, 0.4) is 0 Å². The quantitative estimate of drug-likeness (QED) is 0.491. The van der Waals surface area contributed by atoms with E-state index in [9.17, 15) is 0 Å². The molecule has 0 radical (unpaired) electrons. The molecule has 0 amide bonds. The highest BCUT2D eigenvalue weighted by Crippen LogP contribution is 2.28. The van der Waals surface area contributed by atoms with E-state index >= 15 is 0 Å². The molecule has 0 aromatic rings. The molecule has 2 atom stereocenters. The van der Waals surface area contributed by atoms with Crippen molar-refractivity contribution in [1.29, 1.82) is 0 Å². The van der Waals surface area contributed by atoms with Crippen LogP contribution < -0.4 is 0 Å². The van der Waals surface area contributed by atoms with E-state index in [1.165, 1.54) is 38.8 Å². The number of rotatable bonds is 5. The molecule has 0 bridgehead atoms. The molecule has 1 aliphatic heterocycles. The Kier molecular flexibility index (Phi) is 3.98. The topological polar surface area (TPSA) is 3.01 Å². The molecular formula is C15H24N+. The molecule has 0 saturated carbocycles. The molecule has 0 N–H and O–H groups in total. The molecule has 2 aliphatic rings. The van der Waals surface area contributed by atoms with E-state index in [-0.39, 0.29) is 0 Å². The summed E-state index contributed by atoms with van der Waals surface area (Å²) in [5.74, 6) is 1.39. The molecule has 0 spiro atoms. The smallest absolute Gasteiger partial charge is 0.165 e. The van der Waals surface area contributed by atoms with Gasteiger partial charge in [-0.05, 0) is 12.3 Å². The molecule has 1 nitrogen and oxygen atoms in total. The fourth-order valence-corrected chi connectivity index (χ4v) is 2.72. The van der Waals surface area contributed by atoms with Crippen molar-refractivity contribution in [2.75, 3.05) is 13.1 Å². The molecule has 16 heavy (non-hydrogen) atoms. The average molecular weight is 218 g/mol. The van der Waals surface area contributed by atoms with E-state index in [0.29, 0.717) is 11.8 Å². The third-order valence-corrected chi connectivity index (χ3v) is 3.78. The summed E-state index contributed by atoms with van der Waals surface area (Å²) in [6.07, 6.45) is 14.8. The number of hydrogen-bond donors (Lipinski definition) is 0. The van der Waals surface area contributed by atoms with Gasteiger partial charge in [0, 0.05) is 12.0 Å². The zero-order valence-electron chi connectivity index (χ0n) is 10.7. The lowest BCUT2D eigenvalue weighted by molar-refractivity contribution is -0.510. The average Bonchev–Trinajstić information content (AvgIpc) is 2.69. The summed E-state index contributed by atoms with van der Waals surface area (Å²) in [6, 6.07) is 0. The van der Waals surface area contributed by atoms with Crippen LogP contribution >= 0.6 is 0 Å². The largest absolute Gasteiger partial charge is 0.235 e. The minimum atomic E-state index is 0.691. The molecule has 2 rings (SSSR count). The van der Waals surface area contributed by atoms with E-state index in [2.05, 4.69) is 42.9 Å². The number of fused-ring (bicyclic) bond motifs is 1. The second-order valence-corrected chi connectivity index (χ2v) is 5.19. The number of allylic oxidation sites excluding steroid dienone is 3. The van der Waals surface area contributed by atoms with Crippen molar-refractivity contribution in [3.05, 3.63) is 23.8 Å². The first-order chi connectivity index (χ1) is 7.81. The van der Waals surface area contributed by atoms with Crippen LogP contribution in [0.2, 0.25) is 0 Å². The molecule has 0 saturated heterocycles. The molecule has 1 heterocycles. The summed E-state index contributed by atoms with van der Waals surface area (Å²) in [7, 11) is 0. The summed E-state index contributed by atoms with van der Waals surface area (Å²) in [4.78, 5) is 0. The standard InChI is InChI=1S/C15H24N/c1-3-4-5-6-10-16-11-14-9-7-8-13(2)15(14)12-16/h7-9,12-13,15H,3-6,10-11H2,1-2H3/q+1. The van der Waals surface area contributed by atoms with Gasteiger partial charge >= 0.3 is 0 Å². The van der Waals surface area contributed by atoms with Gasteiger partial charge in [0.2, 0.25) is 0 Å². The highest BCUT2D eigenvalue weighted by molar-refractivity contribution is 5.65. The summed E-state index contributed by atoms with van der Waals surface area (Å²) in [6.45, 7) is 7.02. The molecular weight excluding hydrogens is 194 g/mol. The lowest BCUT2D eigenvalue weighted by Gasteiger charge is -2.14. The van der Waals surface area contributed by atoms with Gasteiger partial charge in [-0.2, -0.15) is 0 Å². The van der Waals surface area contributed by atoms with Crippen LogP contribution in [0.1, 0.15) is 39.5 Å². The van der Waals surface area contributed by atoms with E-state index < -0.39 is 0 Å². The van der Waals surface area contributed by atoms with Gasteiger partial charge in [-0.1, -0.05) is 44.9 Å². The predicted molar refractivity (Wildman–Crippen MR) is 70.1 cm³/mol. The maximum absolute atomic E-state index is 2.52. The first-order valence-electron chi connectivity index (χ1n) is 6.77. The zero-order chi connectivity index (χ0) is 11.4. The second kappa shape index (κ2) is 5.47. The van der Waals surface area contributed by atoms with Crippen molar-refractivity contribution in [3.8, 4) is 0 Å². The summed E-state index contributed by atoms with van der Waals surface area (Å²) in [5.41, 5.74) is 1.62. The van der Waals surface area contributed by atoms with Gasteiger partial charge < -0.3 is 0 Å². The highest BCUT2D eigenvalue weighted by Gasteiger charge is 2.31. The SMILES string of the molecule is CCCCCC[N+]1=CC2C(=CC=CC2C)C1. The Balaban J connectivity index is 1.83. The Hall–Kier alpha value is -0.850. The van der Waals surface area contributed by atoms with Crippen molar-refractivity contribution in [3.63, 3.8) is 0 Å². The van der Waals surface area contributed by atoms with Crippen molar-refractivity contribution >= 4 is 6.21 Å². The molecule has 1 aliphatic carbocycles. The summed E-state index contributed by atoms with van der Waals surface area (Å²) >= 11 is 0.